The first-order chi connectivity index (χ1) is 13.6. The highest BCUT2D eigenvalue weighted by Crippen LogP contribution is 2.44. The molecule has 2 fully saturated rings. The first-order valence-corrected chi connectivity index (χ1v) is 10.5. The predicted octanol–water partition coefficient (Wildman–Crippen LogP) is 4.93. The monoisotopic (exact) mass is 385 g/mol. The van der Waals surface area contributed by atoms with Crippen LogP contribution in [0.3, 0.4) is 0 Å². The summed E-state index contributed by atoms with van der Waals surface area (Å²) < 4.78 is 18.7. The molecular formula is C23H32FN3O. The summed E-state index contributed by atoms with van der Waals surface area (Å²) in [7, 11) is 0. The second kappa shape index (κ2) is 10.1. The van der Waals surface area contributed by atoms with Gasteiger partial charge in [0.15, 0.2) is 0 Å². The zero-order valence-corrected chi connectivity index (χ0v) is 17.1. The van der Waals surface area contributed by atoms with Gasteiger partial charge in [0, 0.05) is 42.7 Å². The zero-order chi connectivity index (χ0) is 19.8. The van der Waals surface area contributed by atoms with Crippen molar-refractivity contribution in [3.8, 4) is 0 Å². The maximum absolute atomic E-state index is 12.7. The van der Waals surface area contributed by atoms with Crippen LogP contribution in [0.15, 0.2) is 36.7 Å². The zero-order valence-electron chi connectivity index (χ0n) is 17.1. The summed E-state index contributed by atoms with van der Waals surface area (Å²) in [6.45, 7) is 6.34. The van der Waals surface area contributed by atoms with Crippen LogP contribution in [0.4, 0.5) is 4.39 Å². The molecule has 0 bridgehead atoms. The molecule has 1 N–H and O–H groups in total. The van der Waals surface area contributed by atoms with Crippen LogP contribution in [0.1, 0.15) is 68.2 Å². The van der Waals surface area contributed by atoms with Crippen LogP contribution in [0.25, 0.3) is 0 Å². The van der Waals surface area contributed by atoms with Gasteiger partial charge < -0.3 is 10.1 Å². The third kappa shape index (κ3) is 5.58. The van der Waals surface area contributed by atoms with E-state index in [0.717, 1.165) is 31.7 Å². The topological polar surface area (TPSA) is 47.0 Å². The molecule has 28 heavy (non-hydrogen) atoms. The van der Waals surface area contributed by atoms with E-state index in [4.69, 9.17) is 4.74 Å². The predicted molar refractivity (Wildman–Crippen MR) is 110 cm³/mol. The van der Waals surface area contributed by atoms with E-state index >= 15 is 0 Å². The van der Waals surface area contributed by atoms with Crippen molar-refractivity contribution in [1.82, 2.24) is 15.3 Å². The van der Waals surface area contributed by atoms with Gasteiger partial charge in [0.2, 0.25) is 5.95 Å². The largest absolute Gasteiger partial charge is 0.375 e. The minimum absolute atomic E-state index is 0.209. The summed E-state index contributed by atoms with van der Waals surface area (Å²) in [5.74, 6) is 0.239. The Kier molecular flexibility index (Phi) is 7.51. The molecule has 1 saturated carbocycles. The highest BCUT2D eigenvalue weighted by molar-refractivity contribution is 5.17. The molecule has 4 rings (SSSR count). The molecule has 2 aromatic rings. The lowest BCUT2D eigenvalue weighted by atomic mass is 9.83. The number of pyridine rings is 2. The van der Waals surface area contributed by atoms with Gasteiger partial charge in [-0.25, -0.2) is 4.98 Å². The van der Waals surface area contributed by atoms with Gasteiger partial charge in [-0.3, -0.25) is 4.98 Å². The summed E-state index contributed by atoms with van der Waals surface area (Å²) in [4.78, 5) is 8.13. The number of aryl methyl sites for hydroxylation is 1. The van der Waals surface area contributed by atoms with Crippen LogP contribution < -0.4 is 5.32 Å². The first kappa shape index (κ1) is 20.9. The van der Waals surface area contributed by atoms with Gasteiger partial charge in [-0.15, -0.1) is 0 Å². The molecule has 5 heteroatoms. The van der Waals surface area contributed by atoms with Crippen LogP contribution in [0.5, 0.6) is 0 Å². The lowest BCUT2D eigenvalue weighted by molar-refractivity contribution is -0.0809. The molecule has 1 aliphatic carbocycles. The highest BCUT2D eigenvalue weighted by atomic mass is 19.1. The molecule has 1 unspecified atom stereocenters. The molecule has 0 amide bonds. The number of nitrogens with one attached hydrogen (secondary N) is 1. The van der Waals surface area contributed by atoms with E-state index in [1.807, 2.05) is 25.3 Å². The fourth-order valence-corrected chi connectivity index (χ4v) is 4.25. The molecule has 2 aliphatic rings. The molecule has 152 valence electrons. The summed E-state index contributed by atoms with van der Waals surface area (Å²) >= 11 is 0. The minimum atomic E-state index is -0.379. The van der Waals surface area contributed by atoms with Gasteiger partial charge in [-0.1, -0.05) is 25.8 Å². The Bertz CT molecular complexity index is 732. The number of nitrogens with zero attached hydrogens (tertiary/aromatic N) is 2. The number of hydrogen-bond donors (Lipinski definition) is 1. The van der Waals surface area contributed by atoms with E-state index in [-0.39, 0.29) is 11.5 Å². The molecule has 1 spiro atoms. The molecule has 0 radical (unpaired) electrons. The van der Waals surface area contributed by atoms with Gasteiger partial charge in [-0.05, 0) is 62.9 Å². The number of hydrogen-bond acceptors (Lipinski definition) is 4. The molecule has 1 atom stereocenters. The molecule has 3 heterocycles. The lowest BCUT2D eigenvalue weighted by Crippen LogP contribution is -2.36. The Morgan fingerprint density at radius 3 is 2.75 bits per heavy atom. The Balaban J connectivity index is 0.000000169. The number of ether oxygens (including phenoxy) is 1. The molecule has 4 nitrogen and oxygen atoms in total. The van der Waals surface area contributed by atoms with Crippen molar-refractivity contribution in [2.75, 3.05) is 13.2 Å². The fourth-order valence-electron chi connectivity index (χ4n) is 4.25. The Hall–Kier alpha value is -1.85. The summed E-state index contributed by atoms with van der Waals surface area (Å²) in [5, 5.41) is 3.15. The van der Waals surface area contributed by atoms with Gasteiger partial charge in [0.25, 0.3) is 0 Å². The van der Waals surface area contributed by atoms with Crippen molar-refractivity contribution in [2.24, 2.45) is 0 Å². The second-order valence-electron chi connectivity index (χ2n) is 7.91. The minimum Gasteiger partial charge on any atom is -0.375 e. The van der Waals surface area contributed by atoms with E-state index in [2.05, 4.69) is 27.4 Å². The SMILES string of the molecule is CCNCc1cnc(F)c(C)c1.c1ccc(C2CCOC3(CCCC3)C2)nc1. The van der Waals surface area contributed by atoms with Crippen molar-refractivity contribution < 1.29 is 9.13 Å². The van der Waals surface area contributed by atoms with Crippen molar-refractivity contribution in [3.63, 3.8) is 0 Å². The summed E-state index contributed by atoms with van der Waals surface area (Å²) in [6.07, 6.45) is 11.0. The van der Waals surface area contributed by atoms with E-state index in [1.54, 1.807) is 13.1 Å². The normalized spacial score (nSPS) is 20.6. The Labute approximate surface area is 167 Å². The number of halogens is 1. The van der Waals surface area contributed by atoms with E-state index in [9.17, 15) is 4.39 Å². The van der Waals surface area contributed by atoms with Gasteiger partial charge in [-0.2, -0.15) is 4.39 Å². The summed E-state index contributed by atoms with van der Waals surface area (Å²) in [6, 6.07) is 8.07. The highest BCUT2D eigenvalue weighted by Gasteiger charge is 2.40. The van der Waals surface area contributed by atoms with Crippen LogP contribution in [-0.2, 0) is 11.3 Å². The third-order valence-electron chi connectivity index (χ3n) is 5.76. The smallest absolute Gasteiger partial charge is 0.215 e. The second-order valence-corrected chi connectivity index (χ2v) is 7.91. The van der Waals surface area contributed by atoms with E-state index in [1.165, 1.54) is 37.8 Å². The van der Waals surface area contributed by atoms with Crippen molar-refractivity contribution in [2.45, 2.75) is 70.4 Å². The average Bonchev–Trinajstić information content (AvgIpc) is 3.17. The summed E-state index contributed by atoms with van der Waals surface area (Å²) in [5.41, 5.74) is 3.10. The number of rotatable bonds is 4. The third-order valence-corrected chi connectivity index (χ3v) is 5.76. The van der Waals surface area contributed by atoms with Crippen molar-refractivity contribution in [3.05, 3.63) is 59.4 Å². The van der Waals surface area contributed by atoms with E-state index in [0.29, 0.717) is 11.5 Å². The van der Waals surface area contributed by atoms with Crippen molar-refractivity contribution >= 4 is 0 Å². The maximum atomic E-state index is 12.7. The van der Waals surface area contributed by atoms with Gasteiger partial charge in [0.1, 0.15) is 0 Å². The maximum Gasteiger partial charge on any atom is 0.215 e. The van der Waals surface area contributed by atoms with Crippen LogP contribution in [0.2, 0.25) is 0 Å². The molecule has 1 aliphatic heterocycles. The lowest BCUT2D eigenvalue weighted by Gasteiger charge is -2.38. The Morgan fingerprint density at radius 1 is 1.25 bits per heavy atom. The standard InChI is InChI=1S/C14H19NO.C9H13FN2/c1-4-9-15-13(5-1)12-6-10-16-14(11-12)7-2-3-8-14;1-3-11-5-8-4-7(2)9(10)12-6-8/h1,4-5,9,12H,2-3,6-8,10-11H2;4,6,11H,3,5H2,1-2H3. The Morgan fingerprint density at radius 2 is 2.07 bits per heavy atom. The molecule has 1 saturated heterocycles. The van der Waals surface area contributed by atoms with Crippen LogP contribution in [-0.4, -0.2) is 28.7 Å². The molecule has 2 aromatic heterocycles. The molecule has 0 aromatic carbocycles. The quantitative estimate of drug-likeness (QED) is 0.758. The number of aromatic nitrogens is 2. The fraction of sp³-hybridized carbons (Fsp3) is 0.565. The van der Waals surface area contributed by atoms with E-state index < -0.39 is 0 Å². The average molecular weight is 386 g/mol. The molecular weight excluding hydrogens is 353 g/mol. The van der Waals surface area contributed by atoms with Crippen LogP contribution >= 0.6 is 0 Å². The van der Waals surface area contributed by atoms with Crippen LogP contribution in [0, 0.1) is 12.9 Å². The van der Waals surface area contributed by atoms with Gasteiger partial charge in [0.05, 0.1) is 5.60 Å². The first-order valence-electron chi connectivity index (χ1n) is 10.5. The van der Waals surface area contributed by atoms with Crippen molar-refractivity contribution in [1.29, 1.82) is 0 Å². The van der Waals surface area contributed by atoms with Gasteiger partial charge >= 0.3 is 0 Å².